The standard InChI is InChI=1S/C15H22N2OS/c1-15(2,3)19(18)17-10-8-14(12-6-7-12)13-5-4-9-16-11-13/h4-5,9-12,14H,6-8H2,1-3H3. The molecule has 2 rings (SSSR count). The van der Waals surface area contributed by atoms with Crippen LogP contribution in [0.15, 0.2) is 28.9 Å². The third-order valence-corrected chi connectivity index (χ3v) is 4.75. The van der Waals surface area contributed by atoms with Crippen LogP contribution in [0.2, 0.25) is 0 Å². The second-order valence-corrected chi connectivity index (χ2v) is 8.05. The van der Waals surface area contributed by atoms with Crippen LogP contribution in [0.1, 0.15) is 51.5 Å². The van der Waals surface area contributed by atoms with Crippen molar-refractivity contribution in [2.24, 2.45) is 10.3 Å². The summed E-state index contributed by atoms with van der Waals surface area (Å²) in [6.45, 7) is 5.83. The van der Waals surface area contributed by atoms with Crippen LogP contribution in [0.25, 0.3) is 0 Å². The average molecular weight is 278 g/mol. The summed E-state index contributed by atoms with van der Waals surface area (Å²) < 4.78 is 15.8. The molecule has 2 atom stereocenters. The van der Waals surface area contributed by atoms with E-state index in [4.69, 9.17) is 0 Å². The molecule has 0 aliphatic heterocycles. The monoisotopic (exact) mass is 278 g/mol. The summed E-state index contributed by atoms with van der Waals surface area (Å²) in [5.74, 6) is 1.23. The van der Waals surface area contributed by atoms with Gasteiger partial charge in [0.15, 0.2) is 0 Å². The van der Waals surface area contributed by atoms with E-state index in [1.165, 1.54) is 18.4 Å². The minimum absolute atomic E-state index is 0.278. The Kier molecular flexibility index (Phi) is 4.63. The molecule has 1 fully saturated rings. The molecule has 0 spiro atoms. The van der Waals surface area contributed by atoms with Gasteiger partial charge in [0.25, 0.3) is 0 Å². The number of rotatable bonds is 5. The van der Waals surface area contributed by atoms with Crippen LogP contribution >= 0.6 is 0 Å². The number of hydrogen-bond donors (Lipinski definition) is 0. The maximum Gasteiger partial charge on any atom is 0.144 e. The highest BCUT2D eigenvalue weighted by Crippen LogP contribution is 2.43. The minimum Gasteiger partial charge on any atom is -0.591 e. The highest BCUT2D eigenvalue weighted by Gasteiger charge is 2.32. The Morgan fingerprint density at radius 1 is 1.53 bits per heavy atom. The lowest BCUT2D eigenvalue weighted by molar-refractivity contribution is 0.561. The molecule has 1 aliphatic rings. The third-order valence-electron chi connectivity index (χ3n) is 3.36. The van der Waals surface area contributed by atoms with Gasteiger partial charge in [-0.25, -0.2) is 0 Å². The fraction of sp³-hybridized carbons (Fsp3) is 0.600. The van der Waals surface area contributed by atoms with Crippen molar-refractivity contribution in [1.82, 2.24) is 4.98 Å². The molecule has 3 nitrogen and oxygen atoms in total. The summed E-state index contributed by atoms with van der Waals surface area (Å²) in [7, 11) is 0. The predicted molar refractivity (Wildman–Crippen MR) is 80.7 cm³/mol. The van der Waals surface area contributed by atoms with Gasteiger partial charge < -0.3 is 4.55 Å². The summed E-state index contributed by atoms with van der Waals surface area (Å²) in [6, 6.07) is 4.11. The van der Waals surface area contributed by atoms with Crippen molar-refractivity contribution in [3.8, 4) is 0 Å². The minimum atomic E-state index is -1.15. The van der Waals surface area contributed by atoms with Crippen LogP contribution in [0, 0.1) is 5.92 Å². The van der Waals surface area contributed by atoms with Crippen molar-refractivity contribution in [2.45, 2.75) is 50.7 Å². The second kappa shape index (κ2) is 6.06. The van der Waals surface area contributed by atoms with Crippen LogP contribution in [0.3, 0.4) is 0 Å². The van der Waals surface area contributed by atoms with E-state index in [9.17, 15) is 4.55 Å². The lowest BCUT2D eigenvalue weighted by Crippen LogP contribution is -2.25. The Morgan fingerprint density at radius 3 is 2.79 bits per heavy atom. The molecule has 4 heteroatoms. The Labute approximate surface area is 118 Å². The second-order valence-electron chi connectivity index (χ2n) is 6.12. The first-order chi connectivity index (χ1) is 8.98. The molecule has 0 saturated heterocycles. The lowest BCUT2D eigenvalue weighted by atomic mass is 9.93. The SMILES string of the molecule is CC(C)(C)[S+]([O-])N=CCC(c1cccnc1)C1CC1. The molecule has 1 saturated carbocycles. The molecule has 0 N–H and O–H groups in total. The molecule has 0 bridgehead atoms. The van der Waals surface area contributed by atoms with Crippen molar-refractivity contribution < 1.29 is 4.55 Å². The lowest BCUT2D eigenvalue weighted by Gasteiger charge is -2.18. The highest BCUT2D eigenvalue weighted by molar-refractivity contribution is 7.91. The first kappa shape index (κ1) is 14.5. The van der Waals surface area contributed by atoms with E-state index in [1.54, 1.807) is 6.20 Å². The molecule has 2 unspecified atom stereocenters. The van der Waals surface area contributed by atoms with Gasteiger partial charge >= 0.3 is 0 Å². The normalized spacial score (nSPS) is 19.6. The van der Waals surface area contributed by atoms with Crippen LogP contribution in [0.4, 0.5) is 0 Å². The first-order valence-corrected chi connectivity index (χ1v) is 7.93. The van der Waals surface area contributed by atoms with Crippen molar-refractivity contribution in [2.75, 3.05) is 0 Å². The molecule has 1 aliphatic carbocycles. The van der Waals surface area contributed by atoms with Crippen molar-refractivity contribution in [3.05, 3.63) is 30.1 Å². The van der Waals surface area contributed by atoms with Crippen LogP contribution in [0.5, 0.6) is 0 Å². The quantitative estimate of drug-likeness (QED) is 0.611. The Balaban J connectivity index is 1.97. The fourth-order valence-electron chi connectivity index (χ4n) is 2.08. The maximum absolute atomic E-state index is 11.9. The van der Waals surface area contributed by atoms with Gasteiger partial charge in [-0.05, 0) is 63.5 Å². The van der Waals surface area contributed by atoms with E-state index in [-0.39, 0.29) is 4.75 Å². The topological polar surface area (TPSA) is 48.3 Å². The van der Waals surface area contributed by atoms with Crippen molar-refractivity contribution >= 4 is 17.6 Å². The number of aromatic nitrogens is 1. The summed E-state index contributed by atoms with van der Waals surface area (Å²) in [5, 5.41) is 0. The van der Waals surface area contributed by atoms with E-state index < -0.39 is 11.4 Å². The van der Waals surface area contributed by atoms with Crippen LogP contribution < -0.4 is 0 Å². The molecule has 1 aromatic heterocycles. The van der Waals surface area contributed by atoms with Crippen molar-refractivity contribution in [1.29, 1.82) is 0 Å². The number of nitrogens with zero attached hydrogens (tertiary/aromatic N) is 2. The summed E-state index contributed by atoms with van der Waals surface area (Å²) in [6.07, 6.45) is 9.02. The predicted octanol–water partition coefficient (Wildman–Crippen LogP) is 3.50. The molecule has 0 aromatic carbocycles. The summed E-state index contributed by atoms with van der Waals surface area (Å²) in [4.78, 5) is 4.19. The third kappa shape index (κ3) is 4.32. The summed E-state index contributed by atoms with van der Waals surface area (Å²) in [5.41, 5.74) is 1.28. The molecule has 104 valence electrons. The molecular weight excluding hydrogens is 256 g/mol. The van der Waals surface area contributed by atoms with Gasteiger partial charge in [0.05, 0.1) is 6.21 Å². The largest absolute Gasteiger partial charge is 0.591 e. The van der Waals surface area contributed by atoms with Crippen molar-refractivity contribution in [3.63, 3.8) is 0 Å². The van der Waals surface area contributed by atoms with E-state index in [1.807, 2.05) is 39.2 Å². The average Bonchev–Trinajstić information content (AvgIpc) is 3.18. The Morgan fingerprint density at radius 2 is 2.26 bits per heavy atom. The van der Waals surface area contributed by atoms with Gasteiger partial charge in [0, 0.05) is 12.4 Å². The van der Waals surface area contributed by atoms with Crippen LogP contribution in [-0.4, -0.2) is 20.5 Å². The molecule has 1 heterocycles. The van der Waals surface area contributed by atoms with Crippen LogP contribution in [-0.2, 0) is 11.4 Å². The maximum atomic E-state index is 11.9. The number of pyridine rings is 1. The zero-order chi connectivity index (χ0) is 13.9. The fourth-order valence-corrected chi connectivity index (χ4v) is 2.61. The van der Waals surface area contributed by atoms with Gasteiger partial charge in [0.2, 0.25) is 0 Å². The smallest absolute Gasteiger partial charge is 0.144 e. The molecule has 0 amide bonds. The van der Waals surface area contributed by atoms with E-state index in [2.05, 4.69) is 15.4 Å². The van der Waals surface area contributed by atoms with E-state index in [0.717, 1.165) is 12.3 Å². The molecule has 19 heavy (non-hydrogen) atoms. The number of hydrogen-bond acceptors (Lipinski definition) is 3. The van der Waals surface area contributed by atoms with E-state index in [0.29, 0.717) is 5.92 Å². The summed E-state index contributed by atoms with van der Waals surface area (Å²) >= 11 is -1.15. The zero-order valence-electron chi connectivity index (χ0n) is 11.9. The molecular formula is C15H22N2OS. The van der Waals surface area contributed by atoms with E-state index >= 15 is 0 Å². The van der Waals surface area contributed by atoms with Gasteiger partial charge in [-0.1, -0.05) is 10.5 Å². The molecule has 1 aromatic rings. The van der Waals surface area contributed by atoms with Gasteiger partial charge in [0.1, 0.15) is 16.1 Å². The first-order valence-electron chi connectivity index (χ1n) is 6.83. The van der Waals surface area contributed by atoms with Gasteiger partial charge in [-0.15, -0.1) is 0 Å². The van der Waals surface area contributed by atoms with Gasteiger partial charge in [-0.2, -0.15) is 0 Å². The molecule has 0 radical (unpaired) electrons. The highest BCUT2D eigenvalue weighted by atomic mass is 32.2. The Bertz CT molecular complexity index is 424. The van der Waals surface area contributed by atoms with Gasteiger partial charge in [-0.3, -0.25) is 4.98 Å². The zero-order valence-corrected chi connectivity index (χ0v) is 12.7. The Hall–Kier alpha value is -0.870.